The Kier molecular flexibility index (Phi) is 7.10. The van der Waals surface area contributed by atoms with Crippen LogP contribution in [0.5, 0.6) is 0 Å². The molecule has 1 saturated heterocycles. The Hall–Kier alpha value is -2.34. The number of amides is 1. The number of halogens is 3. The van der Waals surface area contributed by atoms with Gasteiger partial charge in [0.05, 0.1) is 13.0 Å². The van der Waals surface area contributed by atoms with Crippen molar-refractivity contribution in [2.45, 2.75) is 56.5 Å². The van der Waals surface area contributed by atoms with E-state index in [4.69, 9.17) is 9.47 Å². The maximum absolute atomic E-state index is 12.6. The third kappa shape index (κ3) is 5.67. The van der Waals surface area contributed by atoms with Crippen molar-refractivity contribution in [1.29, 1.82) is 0 Å². The fourth-order valence-corrected chi connectivity index (χ4v) is 4.43. The second-order valence-corrected chi connectivity index (χ2v) is 8.97. The van der Waals surface area contributed by atoms with Crippen molar-refractivity contribution in [2.24, 2.45) is 5.92 Å². The average molecular weight is 465 g/mol. The van der Waals surface area contributed by atoms with Crippen LogP contribution < -0.4 is 0 Å². The first-order chi connectivity index (χ1) is 14.6. The third-order valence-electron chi connectivity index (χ3n) is 5.35. The lowest BCUT2D eigenvalue weighted by atomic mass is 10.0. The zero-order valence-electron chi connectivity index (χ0n) is 16.4. The normalized spacial score (nSPS) is 23.5. The summed E-state index contributed by atoms with van der Waals surface area (Å²) >= 11 is 0. The summed E-state index contributed by atoms with van der Waals surface area (Å²) in [5.74, 6) is -0.552. The lowest BCUT2D eigenvalue weighted by Crippen LogP contribution is -2.44. The zero-order valence-corrected chi connectivity index (χ0v) is 17.2. The van der Waals surface area contributed by atoms with Gasteiger partial charge in [-0.25, -0.2) is 4.79 Å². The molecule has 3 rings (SSSR count). The molecule has 31 heavy (non-hydrogen) atoms. The highest BCUT2D eigenvalue weighted by molar-refractivity contribution is 7.87. The van der Waals surface area contributed by atoms with Crippen molar-refractivity contribution in [2.75, 3.05) is 6.61 Å². The molecule has 1 aliphatic carbocycles. The van der Waals surface area contributed by atoms with Gasteiger partial charge in [-0.05, 0) is 24.3 Å². The van der Waals surface area contributed by atoms with Gasteiger partial charge < -0.3 is 14.4 Å². The lowest BCUT2D eigenvalue weighted by molar-refractivity contribution is -0.143. The first-order valence-electron chi connectivity index (χ1n) is 9.72. The van der Waals surface area contributed by atoms with Gasteiger partial charge in [0.15, 0.2) is 6.23 Å². The van der Waals surface area contributed by atoms with Crippen LogP contribution in [0.15, 0.2) is 30.3 Å². The van der Waals surface area contributed by atoms with E-state index in [0.717, 1.165) is 18.4 Å². The summed E-state index contributed by atoms with van der Waals surface area (Å²) in [6.07, 6.45) is 0.246. The molecule has 0 aromatic heterocycles. The Morgan fingerprint density at radius 3 is 2.52 bits per heavy atom. The van der Waals surface area contributed by atoms with Crippen LogP contribution in [0.25, 0.3) is 0 Å². The first-order valence-corrected chi connectivity index (χ1v) is 11.1. The Morgan fingerprint density at radius 2 is 1.84 bits per heavy atom. The molecule has 0 N–H and O–H groups in total. The van der Waals surface area contributed by atoms with Crippen molar-refractivity contribution < 1.29 is 44.8 Å². The maximum Gasteiger partial charge on any atom is 0.523 e. The number of likely N-dealkylation sites (tertiary alicyclic amines) is 1. The Labute approximate surface area is 177 Å². The highest BCUT2D eigenvalue weighted by atomic mass is 32.2. The van der Waals surface area contributed by atoms with E-state index in [1.165, 1.54) is 4.90 Å². The van der Waals surface area contributed by atoms with Crippen LogP contribution in [-0.2, 0) is 35.2 Å². The fraction of sp³-hybridized carbons (Fsp3) is 0.579. The molecule has 1 aromatic rings. The van der Waals surface area contributed by atoms with Gasteiger partial charge in [-0.1, -0.05) is 36.8 Å². The van der Waals surface area contributed by atoms with Gasteiger partial charge in [0.1, 0.15) is 6.61 Å². The molecular formula is C19H22F3NO7S. The molecule has 12 heteroatoms. The molecule has 1 aromatic carbocycles. The van der Waals surface area contributed by atoms with Crippen LogP contribution in [0, 0.1) is 5.92 Å². The lowest BCUT2D eigenvalue weighted by Gasteiger charge is -2.29. The summed E-state index contributed by atoms with van der Waals surface area (Å²) in [5.41, 5.74) is -4.81. The van der Waals surface area contributed by atoms with E-state index in [1.54, 1.807) is 24.3 Å². The first kappa shape index (κ1) is 23.3. The van der Waals surface area contributed by atoms with E-state index in [0.29, 0.717) is 12.8 Å². The zero-order chi connectivity index (χ0) is 22.6. The Bertz CT molecular complexity index is 892. The van der Waals surface area contributed by atoms with Crippen molar-refractivity contribution in [3.63, 3.8) is 0 Å². The second kappa shape index (κ2) is 9.43. The predicted octanol–water partition coefficient (Wildman–Crippen LogP) is 3.32. The molecule has 0 radical (unpaired) electrons. The Morgan fingerprint density at radius 1 is 1.13 bits per heavy atom. The standard InChI is InChI=1S/C19H22F3NO7S/c20-19(21,22)31(26,27)29-10-9-16(24)23-15-8-4-7-14(15)11-17(23)30-18(25)28-12-13-5-2-1-3-6-13/h1-3,5-6,14-15,17H,4,7-12H2/t14-,15-,17+/m1/s1. The fourth-order valence-electron chi connectivity index (χ4n) is 3.99. The largest absolute Gasteiger partial charge is 0.523 e. The van der Waals surface area contributed by atoms with Gasteiger partial charge in [0.2, 0.25) is 5.91 Å². The summed E-state index contributed by atoms with van der Waals surface area (Å²) in [6, 6.07) is 8.68. The summed E-state index contributed by atoms with van der Waals surface area (Å²) in [7, 11) is -5.78. The van der Waals surface area contributed by atoms with E-state index in [9.17, 15) is 31.2 Å². The van der Waals surface area contributed by atoms with Gasteiger partial charge in [-0.2, -0.15) is 21.6 Å². The molecule has 2 fully saturated rings. The number of carbonyl (C=O) groups is 2. The third-order valence-corrected chi connectivity index (χ3v) is 6.39. The number of nitrogens with zero attached hydrogens (tertiary/aromatic N) is 1. The van der Waals surface area contributed by atoms with Crippen molar-refractivity contribution >= 4 is 22.2 Å². The minimum Gasteiger partial charge on any atom is -0.429 e. The van der Waals surface area contributed by atoms with Gasteiger partial charge >= 0.3 is 21.8 Å². The highest BCUT2D eigenvalue weighted by Crippen LogP contribution is 2.42. The number of benzene rings is 1. The van der Waals surface area contributed by atoms with E-state index in [2.05, 4.69) is 4.18 Å². The summed E-state index contributed by atoms with van der Waals surface area (Å²) in [6.45, 7) is -0.976. The molecule has 8 nitrogen and oxygen atoms in total. The number of alkyl halides is 3. The minimum atomic E-state index is -5.78. The van der Waals surface area contributed by atoms with Crippen molar-refractivity contribution in [1.82, 2.24) is 4.90 Å². The van der Waals surface area contributed by atoms with Crippen LogP contribution in [-0.4, -0.2) is 49.8 Å². The maximum atomic E-state index is 12.6. The van der Waals surface area contributed by atoms with Crippen LogP contribution in [0.1, 0.15) is 37.7 Å². The van der Waals surface area contributed by atoms with Gasteiger partial charge in [-0.3, -0.25) is 8.98 Å². The molecule has 0 bridgehead atoms. The van der Waals surface area contributed by atoms with Crippen molar-refractivity contribution in [3.8, 4) is 0 Å². The molecule has 1 heterocycles. The van der Waals surface area contributed by atoms with Crippen LogP contribution in [0.3, 0.4) is 0 Å². The number of rotatable bonds is 7. The number of carbonyl (C=O) groups excluding carboxylic acids is 2. The van der Waals surface area contributed by atoms with E-state index in [-0.39, 0.29) is 18.6 Å². The van der Waals surface area contributed by atoms with E-state index in [1.807, 2.05) is 6.07 Å². The number of hydrogen-bond donors (Lipinski definition) is 0. The smallest absolute Gasteiger partial charge is 0.429 e. The number of ether oxygens (including phenoxy) is 2. The molecule has 1 saturated carbocycles. The van der Waals surface area contributed by atoms with Gasteiger partial charge in [-0.15, -0.1) is 0 Å². The molecule has 1 amide bonds. The second-order valence-electron chi connectivity index (χ2n) is 7.36. The Balaban J connectivity index is 1.57. The molecule has 0 unspecified atom stereocenters. The van der Waals surface area contributed by atoms with Crippen molar-refractivity contribution in [3.05, 3.63) is 35.9 Å². The van der Waals surface area contributed by atoms with Crippen LogP contribution in [0.2, 0.25) is 0 Å². The molecule has 1 aliphatic heterocycles. The molecule has 2 aliphatic rings. The van der Waals surface area contributed by atoms with Crippen LogP contribution >= 0.6 is 0 Å². The average Bonchev–Trinajstić information content (AvgIpc) is 3.26. The summed E-state index contributed by atoms with van der Waals surface area (Å²) in [5, 5.41) is 0. The topological polar surface area (TPSA) is 99.2 Å². The minimum absolute atomic E-state index is 0.0175. The molecule has 3 atom stereocenters. The number of fused-ring (bicyclic) bond motifs is 1. The number of hydrogen-bond acceptors (Lipinski definition) is 7. The summed E-state index contributed by atoms with van der Waals surface area (Å²) < 4.78 is 73.3. The van der Waals surface area contributed by atoms with E-state index < -0.39 is 46.9 Å². The molecule has 0 spiro atoms. The SMILES string of the molecule is O=C(OCc1ccccc1)O[C@H]1C[C@H]2CCC[C@H]2N1C(=O)CCOS(=O)(=O)C(F)(F)F. The monoisotopic (exact) mass is 465 g/mol. The van der Waals surface area contributed by atoms with Gasteiger partial charge in [0, 0.05) is 12.5 Å². The van der Waals surface area contributed by atoms with E-state index >= 15 is 0 Å². The predicted molar refractivity (Wildman–Crippen MR) is 99.6 cm³/mol. The highest BCUT2D eigenvalue weighted by Gasteiger charge is 2.49. The summed E-state index contributed by atoms with van der Waals surface area (Å²) in [4.78, 5) is 26.0. The van der Waals surface area contributed by atoms with Crippen LogP contribution in [0.4, 0.5) is 18.0 Å². The molecular weight excluding hydrogens is 443 g/mol. The quantitative estimate of drug-likeness (QED) is 0.346. The molecule has 172 valence electrons. The van der Waals surface area contributed by atoms with Gasteiger partial charge in [0.25, 0.3) is 0 Å².